The molecule has 0 radical (unpaired) electrons. The highest BCUT2D eigenvalue weighted by molar-refractivity contribution is 5.64. The van der Waals surface area contributed by atoms with Gasteiger partial charge in [-0.05, 0) is 49.4 Å². The van der Waals surface area contributed by atoms with Gasteiger partial charge in [-0.25, -0.2) is 0 Å². The van der Waals surface area contributed by atoms with E-state index in [0.29, 0.717) is 0 Å². The summed E-state index contributed by atoms with van der Waals surface area (Å²) in [4.78, 5) is 0. The first-order chi connectivity index (χ1) is 10.8. The molecule has 0 heterocycles. The van der Waals surface area contributed by atoms with E-state index in [4.69, 9.17) is 9.47 Å². The van der Waals surface area contributed by atoms with Crippen LogP contribution in [0.15, 0.2) is 48.5 Å². The Balaban J connectivity index is 1.74. The van der Waals surface area contributed by atoms with E-state index in [9.17, 15) is 0 Å². The highest BCUT2D eigenvalue weighted by Crippen LogP contribution is 2.22. The highest BCUT2D eigenvalue weighted by atomic mass is 16.5. The van der Waals surface area contributed by atoms with E-state index in [1.54, 1.807) is 7.11 Å². The van der Waals surface area contributed by atoms with Crippen LogP contribution in [0.4, 0.5) is 0 Å². The van der Waals surface area contributed by atoms with Gasteiger partial charge in [0, 0.05) is 13.7 Å². The third-order valence-electron chi connectivity index (χ3n) is 3.75. The molecule has 2 aromatic rings. The Hall–Kier alpha value is -1.80. The Bertz CT molecular complexity index is 529. The van der Waals surface area contributed by atoms with Crippen molar-refractivity contribution in [2.24, 2.45) is 0 Å². The number of rotatable bonds is 9. The van der Waals surface area contributed by atoms with E-state index in [1.807, 2.05) is 0 Å². The molecule has 118 valence electrons. The van der Waals surface area contributed by atoms with Crippen LogP contribution in [-0.4, -0.2) is 20.3 Å². The maximum Gasteiger partial charge on any atom is 0.119 e. The molecule has 0 aromatic heterocycles. The molecule has 0 aliphatic heterocycles. The summed E-state index contributed by atoms with van der Waals surface area (Å²) >= 11 is 0. The second kappa shape index (κ2) is 9.26. The van der Waals surface area contributed by atoms with Crippen molar-refractivity contribution >= 4 is 0 Å². The first-order valence-corrected chi connectivity index (χ1v) is 8.08. The van der Waals surface area contributed by atoms with Crippen molar-refractivity contribution in [2.75, 3.05) is 20.3 Å². The van der Waals surface area contributed by atoms with E-state index in [-0.39, 0.29) is 0 Å². The third kappa shape index (κ3) is 5.53. The van der Waals surface area contributed by atoms with Gasteiger partial charge in [0.25, 0.3) is 0 Å². The van der Waals surface area contributed by atoms with Crippen molar-refractivity contribution in [1.29, 1.82) is 0 Å². The molecule has 0 N–H and O–H groups in total. The van der Waals surface area contributed by atoms with Crippen LogP contribution < -0.4 is 4.74 Å². The van der Waals surface area contributed by atoms with Crippen LogP contribution in [-0.2, 0) is 4.74 Å². The Kier molecular flexibility index (Phi) is 6.98. The molecule has 0 spiro atoms. The molecule has 0 unspecified atom stereocenters. The van der Waals surface area contributed by atoms with Crippen LogP contribution in [0, 0.1) is 6.92 Å². The van der Waals surface area contributed by atoms with Crippen molar-refractivity contribution in [3.05, 3.63) is 54.1 Å². The molecule has 0 saturated carbocycles. The maximum absolute atomic E-state index is 5.79. The molecule has 2 aromatic carbocycles. The van der Waals surface area contributed by atoms with E-state index in [2.05, 4.69) is 55.5 Å². The van der Waals surface area contributed by atoms with E-state index in [1.165, 1.54) is 29.5 Å². The van der Waals surface area contributed by atoms with Gasteiger partial charge < -0.3 is 9.47 Å². The number of aryl methyl sites for hydroxylation is 1. The lowest BCUT2D eigenvalue weighted by atomic mass is 10.0. The van der Waals surface area contributed by atoms with E-state index in [0.717, 1.165) is 31.8 Å². The lowest BCUT2D eigenvalue weighted by Crippen LogP contribution is -1.97. The molecule has 0 aliphatic carbocycles. The van der Waals surface area contributed by atoms with E-state index >= 15 is 0 Å². The number of hydrogen-bond acceptors (Lipinski definition) is 2. The minimum Gasteiger partial charge on any atom is -0.494 e. The van der Waals surface area contributed by atoms with E-state index < -0.39 is 0 Å². The fourth-order valence-corrected chi connectivity index (χ4v) is 2.38. The fourth-order valence-electron chi connectivity index (χ4n) is 2.38. The second-order valence-electron chi connectivity index (χ2n) is 5.65. The van der Waals surface area contributed by atoms with Gasteiger partial charge in [0.1, 0.15) is 5.75 Å². The van der Waals surface area contributed by atoms with Crippen LogP contribution in [0.1, 0.15) is 31.2 Å². The lowest BCUT2D eigenvalue weighted by Gasteiger charge is -2.08. The molecule has 0 saturated heterocycles. The number of methoxy groups -OCH3 is 1. The summed E-state index contributed by atoms with van der Waals surface area (Å²) in [5.41, 5.74) is 3.76. The molecule has 2 rings (SSSR count). The molecule has 0 fully saturated rings. The molecule has 0 bridgehead atoms. The SMILES string of the molecule is COCCCCCCOc1ccc(-c2ccc(C)cc2)cc1. The normalized spacial score (nSPS) is 10.6. The van der Waals surface area contributed by atoms with Crippen molar-refractivity contribution in [1.82, 2.24) is 0 Å². The first-order valence-electron chi connectivity index (χ1n) is 8.08. The molecular weight excluding hydrogens is 272 g/mol. The summed E-state index contributed by atoms with van der Waals surface area (Å²) in [6.07, 6.45) is 4.65. The maximum atomic E-state index is 5.79. The molecule has 22 heavy (non-hydrogen) atoms. The fraction of sp³-hybridized carbons (Fsp3) is 0.400. The molecular formula is C20H26O2. The number of ether oxygens (including phenoxy) is 2. The zero-order valence-electron chi connectivity index (χ0n) is 13.7. The Morgan fingerprint density at radius 2 is 1.23 bits per heavy atom. The molecule has 0 aliphatic rings. The minimum atomic E-state index is 0.789. The van der Waals surface area contributed by atoms with Crippen LogP contribution >= 0.6 is 0 Å². The smallest absolute Gasteiger partial charge is 0.119 e. The topological polar surface area (TPSA) is 18.5 Å². The van der Waals surface area contributed by atoms with Crippen LogP contribution in [0.3, 0.4) is 0 Å². The van der Waals surface area contributed by atoms with Gasteiger partial charge in [-0.15, -0.1) is 0 Å². The highest BCUT2D eigenvalue weighted by Gasteiger charge is 1.99. The number of hydrogen-bond donors (Lipinski definition) is 0. The van der Waals surface area contributed by atoms with Gasteiger partial charge in [-0.2, -0.15) is 0 Å². The van der Waals surface area contributed by atoms with Crippen molar-refractivity contribution in [3.8, 4) is 16.9 Å². The van der Waals surface area contributed by atoms with Gasteiger partial charge in [-0.3, -0.25) is 0 Å². The molecule has 2 heteroatoms. The number of benzene rings is 2. The van der Waals surface area contributed by atoms with Gasteiger partial charge in [-0.1, -0.05) is 48.4 Å². The van der Waals surface area contributed by atoms with Gasteiger partial charge in [0.15, 0.2) is 0 Å². The lowest BCUT2D eigenvalue weighted by molar-refractivity contribution is 0.191. The predicted molar refractivity (Wildman–Crippen MR) is 92.5 cm³/mol. The average Bonchev–Trinajstić information content (AvgIpc) is 2.55. The van der Waals surface area contributed by atoms with Gasteiger partial charge in [0.2, 0.25) is 0 Å². The predicted octanol–water partition coefficient (Wildman–Crippen LogP) is 5.25. The summed E-state index contributed by atoms with van der Waals surface area (Å²) in [5.74, 6) is 0.952. The quantitative estimate of drug-likeness (QED) is 0.589. The van der Waals surface area contributed by atoms with Gasteiger partial charge in [0.05, 0.1) is 6.61 Å². The zero-order chi connectivity index (χ0) is 15.6. The Morgan fingerprint density at radius 1 is 0.682 bits per heavy atom. The second-order valence-corrected chi connectivity index (χ2v) is 5.65. The van der Waals surface area contributed by atoms with Gasteiger partial charge >= 0.3 is 0 Å². The summed E-state index contributed by atoms with van der Waals surface area (Å²) in [7, 11) is 1.75. The van der Waals surface area contributed by atoms with Crippen molar-refractivity contribution < 1.29 is 9.47 Å². The van der Waals surface area contributed by atoms with Crippen LogP contribution in [0.5, 0.6) is 5.75 Å². The molecule has 2 nitrogen and oxygen atoms in total. The standard InChI is InChI=1S/C20H26O2/c1-17-7-9-18(10-8-17)19-11-13-20(14-12-19)22-16-6-4-3-5-15-21-2/h7-14H,3-6,15-16H2,1-2H3. The Labute approximate surface area is 134 Å². The summed E-state index contributed by atoms with van der Waals surface area (Å²) in [6.45, 7) is 3.76. The summed E-state index contributed by atoms with van der Waals surface area (Å²) in [5, 5.41) is 0. The molecule has 0 amide bonds. The zero-order valence-corrected chi connectivity index (χ0v) is 13.7. The minimum absolute atomic E-state index is 0.789. The first kappa shape index (κ1) is 16.6. The van der Waals surface area contributed by atoms with Crippen LogP contribution in [0.25, 0.3) is 11.1 Å². The average molecular weight is 298 g/mol. The third-order valence-corrected chi connectivity index (χ3v) is 3.75. The Morgan fingerprint density at radius 3 is 1.82 bits per heavy atom. The van der Waals surface area contributed by atoms with Crippen molar-refractivity contribution in [2.45, 2.75) is 32.6 Å². The number of unbranched alkanes of at least 4 members (excludes halogenated alkanes) is 3. The summed E-state index contributed by atoms with van der Waals surface area (Å²) in [6, 6.07) is 17.0. The largest absolute Gasteiger partial charge is 0.494 e. The monoisotopic (exact) mass is 298 g/mol. The molecule has 0 atom stereocenters. The summed E-state index contributed by atoms with van der Waals surface area (Å²) < 4.78 is 10.8. The van der Waals surface area contributed by atoms with Crippen LogP contribution in [0.2, 0.25) is 0 Å². The van der Waals surface area contributed by atoms with Crippen molar-refractivity contribution in [3.63, 3.8) is 0 Å².